The first-order valence-corrected chi connectivity index (χ1v) is 12.7. The molecule has 1 N–H and O–H groups in total. The highest BCUT2D eigenvalue weighted by Gasteiger charge is 2.35. The molecule has 38 heavy (non-hydrogen) atoms. The maximum Gasteiger partial charge on any atom is 0.328 e. The molecule has 0 spiro atoms. The number of anilines is 2. The van der Waals surface area contributed by atoms with Crippen molar-refractivity contribution in [3.05, 3.63) is 46.5 Å². The first-order chi connectivity index (χ1) is 18.4. The van der Waals surface area contributed by atoms with Crippen molar-refractivity contribution in [2.45, 2.75) is 44.6 Å². The van der Waals surface area contributed by atoms with Crippen molar-refractivity contribution < 1.29 is 23.5 Å². The molecule has 2 aromatic rings. The third-order valence-electron chi connectivity index (χ3n) is 7.15. The molecule has 0 atom stereocenters. The zero-order valence-electron chi connectivity index (χ0n) is 21.4. The normalized spacial score (nSPS) is 17.9. The molecule has 1 saturated heterocycles. The van der Waals surface area contributed by atoms with Crippen LogP contribution in [0.1, 0.15) is 47.9 Å². The Balaban J connectivity index is 1.40. The number of carbonyl (C=O) groups excluding carboxylic acids is 2. The van der Waals surface area contributed by atoms with Gasteiger partial charge in [-0.25, -0.2) is 19.2 Å². The Labute approximate surface area is 220 Å². The fraction of sp³-hybridized carbons (Fsp3) is 0.500. The van der Waals surface area contributed by atoms with E-state index in [2.05, 4.69) is 15.2 Å². The Kier molecular flexibility index (Phi) is 7.51. The number of piperazine rings is 1. The number of amides is 3. The van der Waals surface area contributed by atoms with E-state index in [0.717, 1.165) is 42.8 Å². The third-order valence-corrected chi connectivity index (χ3v) is 7.15. The van der Waals surface area contributed by atoms with Gasteiger partial charge in [-0.15, -0.1) is 0 Å². The van der Waals surface area contributed by atoms with Gasteiger partial charge in [-0.2, -0.15) is 5.26 Å². The first kappa shape index (κ1) is 26.0. The van der Waals surface area contributed by atoms with E-state index in [1.807, 2.05) is 11.0 Å². The average molecular weight is 524 g/mol. The molecule has 3 aliphatic rings. The Morgan fingerprint density at radius 2 is 2.05 bits per heavy atom. The van der Waals surface area contributed by atoms with Crippen LogP contribution in [0.3, 0.4) is 0 Å². The summed E-state index contributed by atoms with van der Waals surface area (Å²) in [5.41, 5.74) is 1.96. The van der Waals surface area contributed by atoms with Crippen molar-refractivity contribution >= 4 is 23.6 Å². The van der Waals surface area contributed by atoms with Gasteiger partial charge >= 0.3 is 6.03 Å². The minimum Gasteiger partial charge on any atom is -0.350 e. The lowest BCUT2D eigenvalue weighted by molar-refractivity contribution is -0.137. The Morgan fingerprint density at radius 3 is 2.71 bits per heavy atom. The second kappa shape index (κ2) is 11.0. The van der Waals surface area contributed by atoms with Gasteiger partial charge in [-0.05, 0) is 42.9 Å². The summed E-state index contributed by atoms with van der Waals surface area (Å²) in [6.07, 6.45) is 4.01. The van der Waals surface area contributed by atoms with Crippen LogP contribution < -0.4 is 10.2 Å². The number of halogens is 1. The van der Waals surface area contributed by atoms with E-state index < -0.39 is 18.1 Å². The summed E-state index contributed by atoms with van der Waals surface area (Å²) in [5, 5.41) is 11.5. The number of pyridine rings is 2. The van der Waals surface area contributed by atoms with Crippen LogP contribution in [-0.2, 0) is 27.2 Å². The zero-order chi connectivity index (χ0) is 26.8. The van der Waals surface area contributed by atoms with Gasteiger partial charge in [0, 0.05) is 52.5 Å². The highest BCUT2D eigenvalue weighted by atomic mass is 19.1. The zero-order valence-corrected chi connectivity index (χ0v) is 21.4. The van der Waals surface area contributed by atoms with E-state index in [1.54, 1.807) is 6.07 Å². The van der Waals surface area contributed by atoms with Gasteiger partial charge in [-0.3, -0.25) is 19.9 Å². The van der Waals surface area contributed by atoms with Crippen LogP contribution in [0.15, 0.2) is 18.3 Å². The maximum atomic E-state index is 14.0. The summed E-state index contributed by atoms with van der Waals surface area (Å²) in [6, 6.07) is 4.71. The number of nitriles is 1. The molecule has 2 aromatic heterocycles. The van der Waals surface area contributed by atoms with Gasteiger partial charge in [0.15, 0.2) is 0 Å². The fourth-order valence-corrected chi connectivity index (χ4v) is 5.01. The predicted molar refractivity (Wildman–Crippen MR) is 135 cm³/mol. The monoisotopic (exact) mass is 523 g/mol. The number of rotatable bonds is 7. The molecule has 0 unspecified atom stereocenters. The summed E-state index contributed by atoms with van der Waals surface area (Å²) >= 11 is 0. The van der Waals surface area contributed by atoms with E-state index in [4.69, 9.17) is 19.7 Å². The minimum absolute atomic E-state index is 0.00835. The first-order valence-electron chi connectivity index (χ1n) is 12.7. The van der Waals surface area contributed by atoms with E-state index in [1.165, 1.54) is 19.1 Å². The van der Waals surface area contributed by atoms with E-state index in [0.29, 0.717) is 56.6 Å². The molecular formula is C26H30FN7O4. The van der Waals surface area contributed by atoms with Crippen LogP contribution in [0.4, 0.5) is 20.8 Å². The van der Waals surface area contributed by atoms with Gasteiger partial charge in [0.2, 0.25) is 12.2 Å². The molecule has 200 valence electrons. The van der Waals surface area contributed by atoms with Crippen LogP contribution in [0, 0.1) is 17.1 Å². The summed E-state index contributed by atoms with van der Waals surface area (Å²) in [6.45, 7) is 2.68. The average Bonchev–Trinajstić information content (AvgIpc) is 3.76. The molecular weight excluding hydrogens is 493 g/mol. The second-order valence-corrected chi connectivity index (χ2v) is 9.68. The maximum absolute atomic E-state index is 14.0. The van der Waals surface area contributed by atoms with Crippen LogP contribution in [0.25, 0.3) is 0 Å². The number of aromatic nitrogens is 2. The Bertz CT molecular complexity index is 1270. The molecule has 5 rings (SSSR count). The highest BCUT2D eigenvalue weighted by Crippen LogP contribution is 2.33. The van der Waals surface area contributed by atoms with Crippen LogP contribution in [0.5, 0.6) is 0 Å². The summed E-state index contributed by atoms with van der Waals surface area (Å²) in [5.74, 6) is -0.240. The lowest BCUT2D eigenvalue weighted by Crippen LogP contribution is -2.50. The number of nitrogens with one attached hydrogen (secondary N) is 1. The molecule has 4 heterocycles. The van der Waals surface area contributed by atoms with Crippen LogP contribution in [-0.4, -0.2) is 78.1 Å². The van der Waals surface area contributed by atoms with Crippen molar-refractivity contribution in [1.82, 2.24) is 19.8 Å². The number of hydrogen-bond acceptors (Lipinski definition) is 8. The number of ether oxygens (including phenoxy) is 2. The Hall–Kier alpha value is -3.66. The smallest absolute Gasteiger partial charge is 0.328 e. The quantitative estimate of drug-likeness (QED) is 0.550. The summed E-state index contributed by atoms with van der Waals surface area (Å²) < 4.78 is 25.1. The lowest BCUT2D eigenvalue weighted by atomic mass is 10.0. The number of nitrogens with zero attached hydrogens (tertiary/aromatic N) is 6. The molecule has 11 nitrogen and oxygen atoms in total. The SMILES string of the molecule is COC(OC)c1nc2c(cc1CN1CCN(C3CC3)CC1=O)CCCN2C(=O)Nc1cc(F)c(C#N)cn1. The molecule has 1 saturated carbocycles. The van der Waals surface area contributed by atoms with Crippen molar-refractivity contribution in [3.8, 4) is 6.07 Å². The van der Waals surface area contributed by atoms with Crippen LogP contribution in [0.2, 0.25) is 0 Å². The minimum atomic E-state index is -0.792. The van der Waals surface area contributed by atoms with Crippen molar-refractivity contribution in [2.75, 3.05) is 50.6 Å². The second-order valence-electron chi connectivity index (χ2n) is 9.68. The molecule has 0 bridgehead atoms. The predicted octanol–water partition coefficient (Wildman–Crippen LogP) is 2.57. The molecule has 0 radical (unpaired) electrons. The molecule has 0 aromatic carbocycles. The van der Waals surface area contributed by atoms with Crippen molar-refractivity contribution in [1.29, 1.82) is 5.26 Å². The van der Waals surface area contributed by atoms with Gasteiger partial charge in [-0.1, -0.05) is 0 Å². The van der Waals surface area contributed by atoms with Gasteiger partial charge < -0.3 is 14.4 Å². The van der Waals surface area contributed by atoms with E-state index >= 15 is 0 Å². The van der Waals surface area contributed by atoms with Gasteiger partial charge in [0.1, 0.15) is 34.8 Å². The lowest BCUT2D eigenvalue weighted by Gasteiger charge is -2.35. The summed E-state index contributed by atoms with van der Waals surface area (Å²) in [4.78, 5) is 40.4. The fourth-order valence-electron chi connectivity index (χ4n) is 5.01. The molecule has 3 amide bonds. The van der Waals surface area contributed by atoms with E-state index in [-0.39, 0.29) is 17.3 Å². The number of fused-ring (bicyclic) bond motifs is 1. The number of urea groups is 1. The number of aryl methyl sites for hydroxylation is 1. The van der Waals surface area contributed by atoms with Crippen LogP contribution >= 0.6 is 0 Å². The Morgan fingerprint density at radius 1 is 1.26 bits per heavy atom. The molecule has 1 aliphatic carbocycles. The summed E-state index contributed by atoms with van der Waals surface area (Å²) in [7, 11) is 3.02. The van der Waals surface area contributed by atoms with Crippen molar-refractivity contribution in [3.63, 3.8) is 0 Å². The topological polar surface area (TPSA) is 124 Å². The van der Waals surface area contributed by atoms with Crippen molar-refractivity contribution in [2.24, 2.45) is 0 Å². The molecule has 12 heteroatoms. The number of methoxy groups -OCH3 is 2. The van der Waals surface area contributed by atoms with E-state index in [9.17, 15) is 14.0 Å². The van der Waals surface area contributed by atoms with Gasteiger partial charge in [0.25, 0.3) is 0 Å². The number of carbonyl (C=O) groups is 2. The molecule has 2 fully saturated rings. The highest BCUT2D eigenvalue weighted by molar-refractivity contribution is 6.01. The molecule has 2 aliphatic heterocycles. The standard InChI is InChI=1S/C26H30FN7O4/c1-37-25(38-2)23-17(14-33-9-8-32(15-22(33)35)19-5-6-19)10-16-4-3-7-34(24(16)31-23)26(36)30-21-11-20(27)18(12-28)13-29-21/h10-11,13,19,25H,3-9,14-15H2,1-2H3,(H,29,30,36). The van der Waals surface area contributed by atoms with Gasteiger partial charge in [0.05, 0.1) is 12.7 Å². The largest absolute Gasteiger partial charge is 0.350 e. The third kappa shape index (κ3) is 5.31. The number of hydrogen-bond donors (Lipinski definition) is 1.